The van der Waals surface area contributed by atoms with Crippen LogP contribution in [0.25, 0.3) is 11.0 Å². The third kappa shape index (κ3) is 2.16. The monoisotopic (exact) mass is 234 g/mol. The average molecular weight is 234 g/mol. The molecule has 17 heavy (non-hydrogen) atoms. The van der Waals surface area contributed by atoms with E-state index in [2.05, 4.69) is 9.97 Å². The van der Waals surface area contributed by atoms with Crippen LogP contribution in [-0.2, 0) is 4.79 Å². The number of aliphatic hydroxyl groups excluding tert-OH is 1. The third-order valence-corrected chi connectivity index (χ3v) is 2.30. The van der Waals surface area contributed by atoms with Crippen LogP contribution < -0.4 is 4.74 Å². The molecule has 0 spiro atoms. The number of ether oxygens (including phenoxy) is 1. The van der Waals surface area contributed by atoms with Crippen LogP contribution in [0.5, 0.6) is 5.88 Å². The van der Waals surface area contributed by atoms with Crippen molar-refractivity contribution in [3.05, 3.63) is 30.0 Å². The molecule has 2 aromatic rings. The van der Waals surface area contributed by atoms with Crippen LogP contribution in [-0.4, -0.2) is 33.3 Å². The first-order chi connectivity index (χ1) is 8.11. The molecule has 0 saturated heterocycles. The predicted molar refractivity (Wildman–Crippen MR) is 58.7 cm³/mol. The van der Waals surface area contributed by atoms with Crippen LogP contribution in [0.15, 0.2) is 24.4 Å². The molecule has 0 aliphatic rings. The van der Waals surface area contributed by atoms with Crippen molar-refractivity contribution in [1.29, 1.82) is 0 Å². The van der Waals surface area contributed by atoms with Gasteiger partial charge in [-0.2, -0.15) is 0 Å². The van der Waals surface area contributed by atoms with Gasteiger partial charge in [-0.05, 0) is 17.7 Å². The number of methoxy groups -OCH3 is 1. The minimum atomic E-state index is -1.55. The Morgan fingerprint density at radius 3 is 2.82 bits per heavy atom. The second-order valence-electron chi connectivity index (χ2n) is 3.40. The summed E-state index contributed by atoms with van der Waals surface area (Å²) in [5, 5.41) is 18.1. The molecular formula is C11H10N2O4. The molecule has 1 heterocycles. The Labute approximate surface area is 96.5 Å². The summed E-state index contributed by atoms with van der Waals surface area (Å²) in [7, 11) is 1.48. The molecule has 1 aromatic carbocycles. The average Bonchev–Trinajstić information content (AvgIpc) is 2.36. The molecular weight excluding hydrogens is 224 g/mol. The number of rotatable bonds is 3. The maximum atomic E-state index is 10.6. The van der Waals surface area contributed by atoms with Crippen molar-refractivity contribution in [1.82, 2.24) is 9.97 Å². The number of hydrogen-bond donors (Lipinski definition) is 2. The number of hydrogen-bond acceptors (Lipinski definition) is 5. The fourth-order valence-corrected chi connectivity index (χ4v) is 1.42. The molecule has 0 fully saturated rings. The van der Waals surface area contributed by atoms with Gasteiger partial charge in [0.05, 0.1) is 24.3 Å². The highest BCUT2D eigenvalue weighted by atomic mass is 16.5. The minimum absolute atomic E-state index is 0.268. The number of fused-ring (bicyclic) bond motifs is 1. The molecule has 6 nitrogen and oxygen atoms in total. The highest BCUT2D eigenvalue weighted by Gasteiger charge is 2.16. The lowest BCUT2D eigenvalue weighted by Crippen LogP contribution is -2.10. The van der Waals surface area contributed by atoms with Gasteiger partial charge in [0.1, 0.15) is 0 Å². The van der Waals surface area contributed by atoms with Gasteiger partial charge >= 0.3 is 5.97 Å². The Hall–Kier alpha value is -2.21. The summed E-state index contributed by atoms with van der Waals surface area (Å²) in [6.45, 7) is 0. The van der Waals surface area contributed by atoms with Crippen LogP contribution >= 0.6 is 0 Å². The van der Waals surface area contributed by atoms with Gasteiger partial charge in [-0.15, -0.1) is 0 Å². The van der Waals surface area contributed by atoms with E-state index >= 15 is 0 Å². The van der Waals surface area contributed by atoms with E-state index in [1.807, 2.05) is 0 Å². The summed E-state index contributed by atoms with van der Waals surface area (Å²) in [5.74, 6) is -0.921. The molecule has 1 aromatic heterocycles. The molecule has 88 valence electrons. The normalized spacial score (nSPS) is 12.4. The molecule has 6 heteroatoms. The van der Waals surface area contributed by atoms with Gasteiger partial charge in [0.2, 0.25) is 5.88 Å². The third-order valence-electron chi connectivity index (χ3n) is 2.30. The molecule has 0 bridgehead atoms. The van der Waals surface area contributed by atoms with E-state index in [0.29, 0.717) is 16.9 Å². The zero-order valence-corrected chi connectivity index (χ0v) is 8.99. The number of aliphatic carboxylic acids is 1. The van der Waals surface area contributed by atoms with Crippen molar-refractivity contribution >= 4 is 17.0 Å². The van der Waals surface area contributed by atoms with E-state index in [-0.39, 0.29) is 5.56 Å². The minimum Gasteiger partial charge on any atom is -0.480 e. The van der Waals surface area contributed by atoms with Gasteiger partial charge in [0.25, 0.3) is 0 Å². The Morgan fingerprint density at radius 2 is 2.18 bits per heavy atom. The molecule has 0 aliphatic carbocycles. The molecule has 0 radical (unpaired) electrons. The van der Waals surface area contributed by atoms with Crippen LogP contribution in [0.4, 0.5) is 0 Å². The lowest BCUT2D eigenvalue weighted by atomic mass is 10.1. The van der Waals surface area contributed by atoms with Crippen molar-refractivity contribution in [2.24, 2.45) is 0 Å². The van der Waals surface area contributed by atoms with E-state index in [1.165, 1.54) is 25.4 Å². The van der Waals surface area contributed by atoms with E-state index in [4.69, 9.17) is 9.84 Å². The van der Waals surface area contributed by atoms with Gasteiger partial charge in [0, 0.05) is 0 Å². The zero-order valence-electron chi connectivity index (χ0n) is 8.99. The van der Waals surface area contributed by atoms with Crippen LogP contribution in [0.1, 0.15) is 11.7 Å². The number of carboxylic acid groups (broad SMARTS) is 1. The largest absolute Gasteiger partial charge is 0.480 e. The highest BCUT2D eigenvalue weighted by molar-refractivity contribution is 5.79. The van der Waals surface area contributed by atoms with E-state index in [0.717, 1.165) is 0 Å². The number of carbonyl (C=O) groups is 1. The van der Waals surface area contributed by atoms with Gasteiger partial charge in [-0.1, -0.05) is 6.07 Å². The first-order valence-electron chi connectivity index (χ1n) is 4.83. The Kier molecular flexibility index (Phi) is 2.88. The number of benzene rings is 1. The highest BCUT2D eigenvalue weighted by Crippen LogP contribution is 2.19. The smallest absolute Gasteiger partial charge is 0.337 e. The molecule has 0 amide bonds. The summed E-state index contributed by atoms with van der Waals surface area (Å²) >= 11 is 0. The SMILES string of the molecule is COc1cnc2cc(C(O)C(=O)O)ccc2n1. The molecule has 0 aliphatic heterocycles. The summed E-state index contributed by atoms with van der Waals surface area (Å²) in [6, 6.07) is 4.57. The second-order valence-corrected chi connectivity index (χ2v) is 3.40. The number of aliphatic hydroxyl groups is 1. The first-order valence-corrected chi connectivity index (χ1v) is 4.83. The molecule has 2 rings (SSSR count). The topological polar surface area (TPSA) is 92.5 Å². The summed E-state index contributed by atoms with van der Waals surface area (Å²) in [4.78, 5) is 18.8. The lowest BCUT2D eigenvalue weighted by Gasteiger charge is -2.06. The summed E-state index contributed by atoms with van der Waals surface area (Å²) in [5.41, 5.74) is 1.35. The summed E-state index contributed by atoms with van der Waals surface area (Å²) < 4.78 is 4.92. The van der Waals surface area contributed by atoms with Gasteiger partial charge in [-0.3, -0.25) is 0 Å². The maximum absolute atomic E-state index is 10.6. The van der Waals surface area contributed by atoms with Gasteiger partial charge in [0.15, 0.2) is 6.10 Å². The Morgan fingerprint density at radius 1 is 1.41 bits per heavy atom. The number of nitrogens with zero attached hydrogens (tertiary/aromatic N) is 2. The van der Waals surface area contributed by atoms with Gasteiger partial charge < -0.3 is 14.9 Å². The Balaban J connectivity index is 2.48. The molecule has 1 unspecified atom stereocenters. The van der Waals surface area contributed by atoms with E-state index in [1.54, 1.807) is 6.07 Å². The van der Waals surface area contributed by atoms with Crippen LogP contribution in [0.3, 0.4) is 0 Å². The number of carboxylic acids is 1. The van der Waals surface area contributed by atoms with Crippen LogP contribution in [0.2, 0.25) is 0 Å². The van der Waals surface area contributed by atoms with Crippen molar-refractivity contribution in [3.63, 3.8) is 0 Å². The molecule has 2 N–H and O–H groups in total. The van der Waals surface area contributed by atoms with Crippen molar-refractivity contribution in [2.75, 3.05) is 7.11 Å². The van der Waals surface area contributed by atoms with Crippen molar-refractivity contribution < 1.29 is 19.7 Å². The second kappa shape index (κ2) is 4.34. The Bertz CT molecular complexity index is 570. The maximum Gasteiger partial charge on any atom is 0.337 e. The fourth-order valence-electron chi connectivity index (χ4n) is 1.42. The van der Waals surface area contributed by atoms with Gasteiger partial charge in [-0.25, -0.2) is 14.8 Å². The summed E-state index contributed by atoms with van der Waals surface area (Å²) in [6.07, 6.45) is -0.123. The zero-order chi connectivity index (χ0) is 12.4. The van der Waals surface area contributed by atoms with Crippen molar-refractivity contribution in [3.8, 4) is 5.88 Å². The molecule has 0 saturated carbocycles. The quantitative estimate of drug-likeness (QED) is 0.814. The number of aromatic nitrogens is 2. The lowest BCUT2D eigenvalue weighted by molar-refractivity contribution is -0.146. The predicted octanol–water partition coefficient (Wildman–Crippen LogP) is 0.756. The fraction of sp³-hybridized carbons (Fsp3) is 0.182. The van der Waals surface area contributed by atoms with Crippen molar-refractivity contribution in [2.45, 2.75) is 6.10 Å². The molecule has 1 atom stereocenters. The standard InChI is InChI=1S/C11H10N2O4/c1-17-9-5-12-8-4-6(10(14)11(15)16)2-3-7(8)13-9/h2-5,10,14H,1H3,(H,15,16). The van der Waals surface area contributed by atoms with E-state index < -0.39 is 12.1 Å². The van der Waals surface area contributed by atoms with Crippen LogP contribution in [0, 0.1) is 0 Å². The van der Waals surface area contributed by atoms with E-state index in [9.17, 15) is 9.90 Å². The first kappa shape index (κ1) is 11.3.